The van der Waals surface area contributed by atoms with Gasteiger partial charge in [-0.2, -0.15) is 0 Å². The average molecular weight is 412 g/mol. The van der Waals surface area contributed by atoms with Gasteiger partial charge in [0.25, 0.3) is 5.91 Å². The molecule has 0 atom stereocenters. The van der Waals surface area contributed by atoms with Crippen LogP contribution in [0.4, 0.5) is 10.1 Å². The molecule has 1 aromatic heterocycles. The van der Waals surface area contributed by atoms with Crippen molar-refractivity contribution in [2.24, 2.45) is 0 Å². The number of para-hydroxylation sites is 1. The number of anilines is 1. The molecule has 154 valence electrons. The van der Waals surface area contributed by atoms with Crippen molar-refractivity contribution >= 4 is 11.6 Å². The standard InChI is InChI=1S/C26H21FN2O2/c1-17-13-14-19(27)16-22(17)26(30)28-20-8-5-7-18(15-20)23-10-6-11-24(29-23)21-9-3-4-12-25(21)31-2/h3-16H,1-2H3,(H,28,30). The predicted molar refractivity (Wildman–Crippen MR) is 121 cm³/mol. The molecule has 0 radical (unpaired) electrons. The number of carbonyl (C=O) groups excluding carboxylic acids is 1. The lowest BCUT2D eigenvalue weighted by Crippen LogP contribution is -2.13. The van der Waals surface area contributed by atoms with Crippen LogP contribution in [0.15, 0.2) is 84.9 Å². The maximum absolute atomic E-state index is 13.6. The van der Waals surface area contributed by atoms with Gasteiger partial charge in [-0.25, -0.2) is 9.37 Å². The minimum absolute atomic E-state index is 0.307. The SMILES string of the molecule is COc1ccccc1-c1cccc(-c2cccc(NC(=O)c3cc(F)ccc3C)c2)n1. The lowest BCUT2D eigenvalue weighted by atomic mass is 10.1. The lowest BCUT2D eigenvalue weighted by Gasteiger charge is -2.11. The Morgan fingerprint density at radius 2 is 1.68 bits per heavy atom. The number of amides is 1. The minimum Gasteiger partial charge on any atom is -0.496 e. The van der Waals surface area contributed by atoms with E-state index in [1.165, 1.54) is 12.1 Å². The number of ether oxygens (including phenoxy) is 1. The monoisotopic (exact) mass is 412 g/mol. The van der Waals surface area contributed by atoms with E-state index in [1.54, 1.807) is 26.2 Å². The number of nitrogens with zero attached hydrogens (tertiary/aromatic N) is 1. The van der Waals surface area contributed by atoms with Gasteiger partial charge < -0.3 is 10.1 Å². The van der Waals surface area contributed by atoms with Gasteiger partial charge in [-0.1, -0.05) is 36.4 Å². The van der Waals surface area contributed by atoms with Crippen LogP contribution in [-0.2, 0) is 0 Å². The van der Waals surface area contributed by atoms with Crippen LogP contribution in [0.5, 0.6) is 5.75 Å². The molecule has 4 rings (SSSR count). The molecular formula is C26H21FN2O2. The zero-order valence-electron chi connectivity index (χ0n) is 17.2. The third-order valence-electron chi connectivity index (χ3n) is 4.99. The summed E-state index contributed by atoms with van der Waals surface area (Å²) in [6.07, 6.45) is 0. The molecule has 5 heteroatoms. The first-order valence-corrected chi connectivity index (χ1v) is 9.83. The molecule has 0 spiro atoms. The minimum atomic E-state index is -0.443. The second kappa shape index (κ2) is 8.79. The number of aryl methyl sites for hydroxylation is 1. The Morgan fingerprint density at radius 3 is 2.52 bits per heavy atom. The Hall–Kier alpha value is -3.99. The van der Waals surface area contributed by atoms with E-state index in [2.05, 4.69) is 5.32 Å². The van der Waals surface area contributed by atoms with Crippen LogP contribution >= 0.6 is 0 Å². The summed E-state index contributed by atoms with van der Waals surface area (Å²) in [4.78, 5) is 17.4. The number of rotatable bonds is 5. The quantitative estimate of drug-likeness (QED) is 0.429. The van der Waals surface area contributed by atoms with Crippen LogP contribution < -0.4 is 10.1 Å². The van der Waals surface area contributed by atoms with Gasteiger partial charge in [-0.05, 0) is 61.0 Å². The second-order valence-electron chi connectivity index (χ2n) is 7.10. The van der Waals surface area contributed by atoms with Crippen LogP contribution in [0.3, 0.4) is 0 Å². The first-order valence-electron chi connectivity index (χ1n) is 9.83. The molecule has 0 bridgehead atoms. The number of methoxy groups -OCH3 is 1. The van der Waals surface area contributed by atoms with E-state index in [0.29, 0.717) is 16.8 Å². The highest BCUT2D eigenvalue weighted by Crippen LogP contribution is 2.30. The van der Waals surface area contributed by atoms with Crippen LogP contribution in [0.2, 0.25) is 0 Å². The predicted octanol–water partition coefficient (Wildman–Crippen LogP) is 6.12. The summed E-state index contributed by atoms with van der Waals surface area (Å²) < 4.78 is 19.0. The largest absolute Gasteiger partial charge is 0.496 e. The van der Waals surface area contributed by atoms with Crippen molar-refractivity contribution < 1.29 is 13.9 Å². The Balaban J connectivity index is 1.63. The van der Waals surface area contributed by atoms with Crippen molar-refractivity contribution in [3.63, 3.8) is 0 Å². The number of nitrogens with one attached hydrogen (secondary N) is 1. The summed E-state index contributed by atoms with van der Waals surface area (Å²) in [5, 5.41) is 2.85. The fraction of sp³-hybridized carbons (Fsp3) is 0.0769. The van der Waals surface area contributed by atoms with Gasteiger partial charge in [0.15, 0.2) is 0 Å². The normalized spacial score (nSPS) is 10.5. The number of pyridine rings is 1. The molecule has 3 aromatic carbocycles. The van der Waals surface area contributed by atoms with E-state index in [9.17, 15) is 9.18 Å². The summed E-state index contributed by atoms with van der Waals surface area (Å²) in [6, 6.07) is 25.1. The summed E-state index contributed by atoms with van der Waals surface area (Å²) in [5.41, 5.74) is 4.93. The zero-order chi connectivity index (χ0) is 21.8. The highest BCUT2D eigenvalue weighted by Gasteiger charge is 2.12. The van der Waals surface area contributed by atoms with Crippen LogP contribution in [0, 0.1) is 12.7 Å². The van der Waals surface area contributed by atoms with Gasteiger partial charge in [-0.3, -0.25) is 4.79 Å². The Kier molecular flexibility index (Phi) is 5.76. The van der Waals surface area contributed by atoms with Crippen molar-refractivity contribution in [2.45, 2.75) is 6.92 Å². The first-order chi connectivity index (χ1) is 15.0. The lowest BCUT2D eigenvalue weighted by molar-refractivity contribution is 0.102. The van der Waals surface area contributed by atoms with Crippen molar-refractivity contribution in [3.05, 3.63) is 102 Å². The number of halogens is 1. The van der Waals surface area contributed by atoms with Crippen molar-refractivity contribution in [2.75, 3.05) is 12.4 Å². The topological polar surface area (TPSA) is 51.2 Å². The molecule has 4 aromatic rings. The summed E-state index contributed by atoms with van der Waals surface area (Å²) in [5.74, 6) is -0.0506. The molecule has 1 amide bonds. The van der Waals surface area contributed by atoms with E-state index in [-0.39, 0.29) is 5.91 Å². The van der Waals surface area contributed by atoms with Crippen molar-refractivity contribution in [3.8, 4) is 28.3 Å². The molecule has 0 aliphatic heterocycles. The number of carbonyl (C=O) groups is 1. The van der Waals surface area contributed by atoms with Gasteiger partial charge in [0.1, 0.15) is 11.6 Å². The molecule has 0 aliphatic carbocycles. The fourth-order valence-electron chi connectivity index (χ4n) is 3.40. The van der Waals surface area contributed by atoms with E-state index in [1.807, 2.05) is 60.7 Å². The molecule has 31 heavy (non-hydrogen) atoms. The molecule has 1 heterocycles. The zero-order valence-corrected chi connectivity index (χ0v) is 17.2. The summed E-state index contributed by atoms with van der Waals surface area (Å²) >= 11 is 0. The Labute approximate surface area is 180 Å². The molecule has 1 N–H and O–H groups in total. The van der Waals surface area contributed by atoms with E-state index >= 15 is 0 Å². The van der Waals surface area contributed by atoms with E-state index in [0.717, 1.165) is 28.3 Å². The van der Waals surface area contributed by atoms with Crippen LogP contribution in [0.25, 0.3) is 22.5 Å². The second-order valence-corrected chi connectivity index (χ2v) is 7.10. The maximum Gasteiger partial charge on any atom is 0.256 e. The third-order valence-corrected chi connectivity index (χ3v) is 4.99. The maximum atomic E-state index is 13.6. The summed E-state index contributed by atoms with van der Waals surface area (Å²) in [6.45, 7) is 1.78. The van der Waals surface area contributed by atoms with Crippen molar-refractivity contribution in [1.29, 1.82) is 0 Å². The third kappa shape index (κ3) is 4.46. The van der Waals surface area contributed by atoms with E-state index < -0.39 is 5.82 Å². The molecule has 0 fully saturated rings. The van der Waals surface area contributed by atoms with Crippen LogP contribution in [-0.4, -0.2) is 18.0 Å². The molecule has 4 nitrogen and oxygen atoms in total. The van der Waals surface area contributed by atoms with Crippen molar-refractivity contribution in [1.82, 2.24) is 4.98 Å². The summed E-state index contributed by atoms with van der Waals surface area (Å²) in [7, 11) is 1.63. The average Bonchev–Trinajstić information content (AvgIpc) is 2.81. The van der Waals surface area contributed by atoms with Gasteiger partial charge in [-0.15, -0.1) is 0 Å². The number of hydrogen-bond donors (Lipinski definition) is 1. The number of aromatic nitrogens is 1. The molecule has 0 unspecified atom stereocenters. The highest BCUT2D eigenvalue weighted by molar-refractivity contribution is 6.05. The molecular weight excluding hydrogens is 391 g/mol. The van der Waals surface area contributed by atoms with Crippen LogP contribution in [0.1, 0.15) is 15.9 Å². The van der Waals surface area contributed by atoms with E-state index in [4.69, 9.17) is 9.72 Å². The Bertz CT molecular complexity index is 1250. The van der Waals surface area contributed by atoms with Gasteiger partial charge in [0.2, 0.25) is 0 Å². The molecule has 0 aliphatic rings. The molecule has 0 saturated carbocycles. The molecule has 0 saturated heterocycles. The van der Waals surface area contributed by atoms with Gasteiger partial charge >= 0.3 is 0 Å². The van der Waals surface area contributed by atoms with Gasteiger partial charge in [0, 0.05) is 22.4 Å². The smallest absolute Gasteiger partial charge is 0.256 e. The Morgan fingerprint density at radius 1 is 0.903 bits per heavy atom. The highest BCUT2D eigenvalue weighted by atomic mass is 19.1. The number of benzene rings is 3. The first kappa shape index (κ1) is 20.3. The van der Waals surface area contributed by atoms with Gasteiger partial charge in [0.05, 0.1) is 18.5 Å². The number of hydrogen-bond acceptors (Lipinski definition) is 3. The fourth-order valence-corrected chi connectivity index (χ4v) is 3.40.